The summed E-state index contributed by atoms with van der Waals surface area (Å²) in [5, 5.41) is 3.45. The highest BCUT2D eigenvalue weighted by Gasteiger charge is 2.05. The first-order valence-corrected chi connectivity index (χ1v) is 6.02. The summed E-state index contributed by atoms with van der Waals surface area (Å²) in [7, 11) is 1.76. The van der Waals surface area contributed by atoms with E-state index in [1.807, 2.05) is 0 Å². The van der Waals surface area contributed by atoms with Crippen molar-refractivity contribution in [1.82, 2.24) is 5.32 Å². The van der Waals surface area contributed by atoms with Crippen LogP contribution in [0.1, 0.15) is 34.1 Å². The molecule has 0 bridgehead atoms. The molecule has 15 heavy (non-hydrogen) atoms. The largest absolute Gasteiger partial charge is 0.384 e. The van der Waals surface area contributed by atoms with Gasteiger partial charge in [-0.1, -0.05) is 39.3 Å². The first-order valence-electron chi connectivity index (χ1n) is 6.02. The van der Waals surface area contributed by atoms with E-state index in [0.29, 0.717) is 11.8 Å². The van der Waals surface area contributed by atoms with Crippen LogP contribution < -0.4 is 5.32 Å². The smallest absolute Gasteiger partial charge is 0.0522 e. The van der Waals surface area contributed by atoms with Crippen LogP contribution in [0.3, 0.4) is 0 Å². The summed E-state index contributed by atoms with van der Waals surface area (Å²) in [6, 6.07) is 0. The lowest BCUT2D eigenvalue weighted by Gasteiger charge is -2.15. The van der Waals surface area contributed by atoms with Crippen LogP contribution in [0.2, 0.25) is 0 Å². The van der Waals surface area contributed by atoms with Gasteiger partial charge >= 0.3 is 0 Å². The van der Waals surface area contributed by atoms with Crippen LogP contribution in [0.5, 0.6) is 0 Å². The van der Waals surface area contributed by atoms with Gasteiger partial charge in [0.2, 0.25) is 0 Å². The second-order valence-electron chi connectivity index (χ2n) is 4.51. The summed E-state index contributed by atoms with van der Waals surface area (Å²) in [6.07, 6.45) is 3.54. The maximum Gasteiger partial charge on any atom is 0.0522 e. The molecule has 2 nitrogen and oxygen atoms in total. The second-order valence-corrected chi connectivity index (χ2v) is 4.51. The van der Waals surface area contributed by atoms with Crippen LogP contribution in [-0.2, 0) is 4.74 Å². The average molecular weight is 213 g/mol. The third-order valence-corrected chi connectivity index (χ3v) is 2.43. The minimum Gasteiger partial charge on any atom is -0.384 e. The molecule has 0 aromatic rings. The Morgan fingerprint density at radius 1 is 1.33 bits per heavy atom. The van der Waals surface area contributed by atoms with E-state index in [4.69, 9.17) is 4.74 Å². The van der Waals surface area contributed by atoms with Gasteiger partial charge in [-0.25, -0.2) is 0 Å². The average Bonchev–Trinajstić information content (AvgIpc) is 2.16. The van der Waals surface area contributed by atoms with Crippen LogP contribution in [-0.4, -0.2) is 26.8 Å². The first-order chi connectivity index (χ1) is 7.11. The van der Waals surface area contributed by atoms with Gasteiger partial charge in [-0.3, -0.25) is 0 Å². The predicted molar refractivity (Wildman–Crippen MR) is 67.1 cm³/mol. The fourth-order valence-corrected chi connectivity index (χ4v) is 1.54. The van der Waals surface area contributed by atoms with Crippen molar-refractivity contribution in [3.05, 3.63) is 11.6 Å². The molecular weight excluding hydrogens is 186 g/mol. The Balaban J connectivity index is 4.12. The van der Waals surface area contributed by atoms with Crippen molar-refractivity contribution in [2.24, 2.45) is 11.8 Å². The van der Waals surface area contributed by atoms with Gasteiger partial charge in [-0.2, -0.15) is 0 Å². The van der Waals surface area contributed by atoms with Crippen molar-refractivity contribution in [1.29, 1.82) is 0 Å². The van der Waals surface area contributed by atoms with Gasteiger partial charge in [0.15, 0.2) is 0 Å². The monoisotopic (exact) mass is 213 g/mol. The maximum absolute atomic E-state index is 5.14. The highest BCUT2D eigenvalue weighted by molar-refractivity contribution is 5.08. The van der Waals surface area contributed by atoms with Crippen molar-refractivity contribution < 1.29 is 4.74 Å². The number of methoxy groups -OCH3 is 1. The first kappa shape index (κ1) is 14.7. The minimum absolute atomic E-state index is 0.510. The third kappa shape index (κ3) is 7.57. The molecule has 2 heteroatoms. The maximum atomic E-state index is 5.14. The summed E-state index contributed by atoms with van der Waals surface area (Å²) in [6.45, 7) is 11.8. The second kappa shape index (κ2) is 8.93. The third-order valence-electron chi connectivity index (χ3n) is 2.43. The molecular formula is C13H27NO. The summed E-state index contributed by atoms with van der Waals surface area (Å²) in [5.41, 5.74) is 1.49. The van der Waals surface area contributed by atoms with Gasteiger partial charge < -0.3 is 10.1 Å². The molecule has 0 spiro atoms. The Bertz CT molecular complexity index is 175. The molecule has 0 radical (unpaired) electrons. The quantitative estimate of drug-likeness (QED) is 0.494. The van der Waals surface area contributed by atoms with Crippen molar-refractivity contribution in [3.8, 4) is 0 Å². The standard InChI is InChI=1S/C13H27NO/c1-6-7-14-9-13(11(2)3)8-12(4)10-15-5/h8,11-12,14H,6-7,9-10H2,1-5H3. The van der Waals surface area contributed by atoms with E-state index in [1.165, 1.54) is 12.0 Å². The molecule has 1 N–H and O–H groups in total. The SMILES string of the molecule is CCCNCC(=CC(C)COC)C(C)C. The van der Waals surface area contributed by atoms with Crippen LogP contribution >= 0.6 is 0 Å². The zero-order chi connectivity index (χ0) is 11.7. The lowest BCUT2D eigenvalue weighted by molar-refractivity contribution is 0.175. The molecule has 0 saturated carbocycles. The van der Waals surface area contributed by atoms with Gasteiger partial charge in [0.1, 0.15) is 0 Å². The molecule has 0 rings (SSSR count). The number of nitrogens with one attached hydrogen (secondary N) is 1. The zero-order valence-corrected chi connectivity index (χ0v) is 11.0. The molecule has 0 aromatic carbocycles. The molecule has 90 valence electrons. The van der Waals surface area contributed by atoms with E-state index in [9.17, 15) is 0 Å². The Kier molecular flexibility index (Phi) is 8.73. The molecule has 0 aliphatic heterocycles. The number of ether oxygens (including phenoxy) is 1. The Labute approximate surface area is 95.1 Å². The van der Waals surface area contributed by atoms with Gasteiger partial charge in [0.05, 0.1) is 6.61 Å². The van der Waals surface area contributed by atoms with Crippen LogP contribution in [0.4, 0.5) is 0 Å². The number of hydrogen-bond donors (Lipinski definition) is 1. The molecule has 0 amide bonds. The minimum atomic E-state index is 0.510. The Hall–Kier alpha value is -0.340. The van der Waals surface area contributed by atoms with Gasteiger partial charge in [-0.05, 0) is 24.8 Å². The predicted octanol–water partition coefficient (Wildman–Crippen LogP) is 2.85. The van der Waals surface area contributed by atoms with Crippen LogP contribution in [0, 0.1) is 11.8 Å². The summed E-state index contributed by atoms with van der Waals surface area (Å²) in [5.74, 6) is 1.13. The van der Waals surface area contributed by atoms with Gasteiger partial charge in [0, 0.05) is 13.7 Å². The molecule has 0 aliphatic rings. The molecule has 0 aliphatic carbocycles. The van der Waals surface area contributed by atoms with E-state index in [0.717, 1.165) is 19.7 Å². The van der Waals surface area contributed by atoms with Gasteiger partial charge in [0.25, 0.3) is 0 Å². The van der Waals surface area contributed by atoms with E-state index >= 15 is 0 Å². The Morgan fingerprint density at radius 2 is 2.00 bits per heavy atom. The highest BCUT2D eigenvalue weighted by Crippen LogP contribution is 2.12. The molecule has 0 fully saturated rings. The summed E-state index contributed by atoms with van der Waals surface area (Å²) >= 11 is 0. The molecule has 0 saturated heterocycles. The van der Waals surface area contributed by atoms with Crippen molar-refractivity contribution in [3.63, 3.8) is 0 Å². The van der Waals surface area contributed by atoms with E-state index in [1.54, 1.807) is 7.11 Å². The van der Waals surface area contributed by atoms with Gasteiger partial charge in [-0.15, -0.1) is 0 Å². The fourth-order valence-electron chi connectivity index (χ4n) is 1.54. The van der Waals surface area contributed by atoms with E-state index in [-0.39, 0.29) is 0 Å². The molecule has 0 aromatic heterocycles. The van der Waals surface area contributed by atoms with E-state index < -0.39 is 0 Å². The van der Waals surface area contributed by atoms with E-state index in [2.05, 4.69) is 39.1 Å². The summed E-state index contributed by atoms with van der Waals surface area (Å²) < 4.78 is 5.14. The molecule has 1 unspecified atom stereocenters. The zero-order valence-electron chi connectivity index (χ0n) is 11.0. The van der Waals surface area contributed by atoms with Crippen LogP contribution in [0.15, 0.2) is 11.6 Å². The topological polar surface area (TPSA) is 21.3 Å². The molecule has 0 heterocycles. The van der Waals surface area contributed by atoms with Crippen molar-refractivity contribution >= 4 is 0 Å². The van der Waals surface area contributed by atoms with Crippen molar-refractivity contribution in [2.75, 3.05) is 26.8 Å². The van der Waals surface area contributed by atoms with Crippen LogP contribution in [0.25, 0.3) is 0 Å². The highest BCUT2D eigenvalue weighted by atomic mass is 16.5. The van der Waals surface area contributed by atoms with Crippen molar-refractivity contribution in [2.45, 2.75) is 34.1 Å². The summed E-state index contributed by atoms with van der Waals surface area (Å²) in [4.78, 5) is 0. The molecule has 1 atom stereocenters. The number of rotatable bonds is 8. The number of hydrogen-bond acceptors (Lipinski definition) is 2. The lowest BCUT2D eigenvalue weighted by Crippen LogP contribution is -2.21. The fraction of sp³-hybridized carbons (Fsp3) is 0.846. The Morgan fingerprint density at radius 3 is 2.47 bits per heavy atom. The lowest BCUT2D eigenvalue weighted by atomic mass is 9.98. The normalized spacial score (nSPS) is 14.7.